The molecule has 0 aliphatic heterocycles. The topological polar surface area (TPSA) is 0 Å². The molecular weight excluding hydrogens is 272 g/mol. The molecule has 0 saturated heterocycles. The molecule has 0 unspecified atom stereocenters. The van der Waals surface area contributed by atoms with Gasteiger partial charge in [0.25, 0.3) is 0 Å². The zero-order chi connectivity index (χ0) is 13.8. The van der Waals surface area contributed by atoms with Crippen molar-refractivity contribution in [2.24, 2.45) is 0 Å². The van der Waals surface area contributed by atoms with Gasteiger partial charge in [-0.25, -0.2) is 0 Å². The first-order valence-corrected chi connectivity index (χ1v) is 8.01. The molecule has 0 N–H and O–H groups in total. The standard InChI is InChI=1S/C20H12S/c1-2-6-14-13(5-1)9-10-16-18-11-12-21-20(18)17-8-4-3-7-15(17)19(14)16/h1-12H. The van der Waals surface area contributed by atoms with Crippen molar-refractivity contribution in [3.05, 3.63) is 72.1 Å². The van der Waals surface area contributed by atoms with Gasteiger partial charge in [-0.15, -0.1) is 11.3 Å². The molecule has 0 spiro atoms. The average molecular weight is 284 g/mol. The molecule has 0 radical (unpaired) electrons. The Kier molecular flexibility index (Phi) is 2.18. The van der Waals surface area contributed by atoms with Gasteiger partial charge in [0.2, 0.25) is 0 Å². The monoisotopic (exact) mass is 284 g/mol. The van der Waals surface area contributed by atoms with Crippen molar-refractivity contribution in [3.8, 4) is 0 Å². The summed E-state index contributed by atoms with van der Waals surface area (Å²) in [6, 6.07) is 24.2. The molecule has 0 aliphatic rings. The fraction of sp³-hybridized carbons (Fsp3) is 0. The molecule has 1 aromatic heterocycles. The lowest BCUT2D eigenvalue weighted by Gasteiger charge is -2.10. The van der Waals surface area contributed by atoms with Crippen LogP contribution < -0.4 is 0 Å². The van der Waals surface area contributed by atoms with Crippen LogP contribution in [0, 0.1) is 0 Å². The van der Waals surface area contributed by atoms with Gasteiger partial charge in [-0.2, -0.15) is 0 Å². The van der Waals surface area contributed by atoms with E-state index in [0.717, 1.165) is 0 Å². The summed E-state index contributed by atoms with van der Waals surface area (Å²) >= 11 is 1.84. The van der Waals surface area contributed by atoms with E-state index in [1.807, 2.05) is 11.3 Å². The smallest absolute Gasteiger partial charge is 0.0427 e. The minimum atomic E-state index is 1.31. The van der Waals surface area contributed by atoms with Crippen molar-refractivity contribution in [1.82, 2.24) is 0 Å². The Bertz CT molecular complexity index is 1130. The van der Waals surface area contributed by atoms with Crippen molar-refractivity contribution in [2.45, 2.75) is 0 Å². The van der Waals surface area contributed by atoms with Crippen LogP contribution in [-0.4, -0.2) is 0 Å². The summed E-state index contributed by atoms with van der Waals surface area (Å²) in [7, 11) is 0. The van der Waals surface area contributed by atoms with E-state index >= 15 is 0 Å². The van der Waals surface area contributed by atoms with E-state index in [0.29, 0.717) is 0 Å². The molecule has 4 aromatic carbocycles. The lowest BCUT2D eigenvalue weighted by molar-refractivity contribution is 1.80. The van der Waals surface area contributed by atoms with E-state index in [1.165, 1.54) is 42.4 Å². The van der Waals surface area contributed by atoms with Gasteiger partial charge in [0, 0.05) is 15.5 Å². The van der Waals surface area contributed by atoms with Crippen LogP contribution in [0.1, 0.15) is 0 Å². The summed E-state index contributed by atoms with van der Waals surface area (Å²) in [5, 5.41) is 11.7. The number of hydrogen-bond donors (Lipinski definition) is 0. The van der Waals surface area contributed by atoms with Crippen LogP contribution in [-0.2, 0) is 0 Å². The Morgan fingerprint density at radius 2 is 1.19 bits per heavy atom. The summed E-state index contributed by atoms with van der Waals surface area (Å²) < 4.78 is 1.40. The Hall–Kier alpha value is -2.38. The molecule has 0 aliphatic carbocycles. The third-order valence-electron chi connectivity index (χ3n) is 4.33. The third-order valence-corrected chi connectivity index (χ3v) is 5.27. The highest BCUT2D eigenvalue weighted by molar-refractivity contribution is 7.18. The van der Waals surface area contributed by atoms with Crippen LogP contribution in [0.3, 0.4) is 0 Å². The minimum absolute atomic E-state index is 1.31. The van der Waals surface area contributed by atoms with Gasteiger partial charge in [-0.3, -0.25) is 0 Å². The minimum Gasteiger partial charge on any atom is -0.143 e. The van der Waals surface area contributed by atoms with Crippen LogP contribution in [0.2, 0.25) is 0 Å². The predicted molar refractivity (Wildman–Crippen MR) is 94.3 cm³/mol. The van der Waals surface area contributed by atoms with E-state index < -0.39 is 0 Å². The highest BCUT2D eigenvalue weighted by Crippen LogP contribution is 2.40. The lowest BCUT2D eigenvalue weighted by Crippen LogP contribution is -1.82. The Labute approximate surface area is 126 Å². The van der Waals surface area contributed by atoms with Crippen molar-refractivity contribution in [2.75, 3.05) is 0 Å². The number of thiophene rings is 1. The average Bonchev–Trinajstić information content (AvgIpc) is 3.04. The molecule has 0 amide bonds. The highest BCUT2D eigenvalue weighted by Gasteiger charge is 2.11. The first kappa shape index (κ1) is 11.3. The number of benzene rings is 4. The van der Waals surface area contributed by atoms with Crippen LogP contribution in [0.25, 0.3) is 42.4 Å². The number of hydrogen-bond acceptors (Lipinski definition) is 1. The molecule has 5 aromatic rings. The summed E-state index contributed by atoms with van der Waals surface area (Å²) in [5.74, 6) is 0. The SMILES string of the molecule is c1ccc2c(c1)ccc1c3ccsc3c3ccccc3c21. The fourth-order valence-electron chi connectivity index (χ4n) is 3.42. The van der Waals surface area contributed by atoms with Crippen molar-refractivity contribution in [3.63, 3.8) is 0 Å². The summed E-state index contributed by atoms with van der Waals surface area (Å²) in [4.78, 5) is 0. The molecule has 0 saturated carbocycles. The van der Waals surface area contributed by atoms with Crippen LogP contribution in [0.4, 0.5) is 0 Å². The van der Waals surface area contributed by atoms with Gasteiger partial charge in [-0.05, 0) is 38.4 Å². The van der Waals surface area contributed by atoms with Gasteiger partial charge in [-0.1, -0.05) is 60.7 Å². The van der Waals surface area contributed by atoms with Crippen LogP contribution in [0.15, 0.2) is 72.1 Å². The molecule has 1 heteroatoms. The lowest BCUT2D eigenvalue weighted by atomic mass is 9.94. The van der Waals surface area contributed by atoms with E-state index in [2.05, 4.69) is 72.1 Å². The second-order valence-electron chi connectivity index (χ2n) is 5.42. The molecule has 5 rings (SSSR count). The van der Waals surface area contributed by atoms with E-state index in [-0.39, 0.29) is 0 Å². The molecule has 98 valence electrons. The largest absolute Gasteiger partial charge is 0.143 e. The molecule has 0 atom stereocenters. The van der Waals surface area contributed by atoms with Gasteiger partial charge in [0.05, 0.1) is 0 Å². The van der Waals surface area contributed by atoms with E-state index in [4.69, 9.17) is 0 Å². The summed E-state index contributed by atoms with van der Waals surface area (Å²) in [5.41, 5.74) is 0. The maximum absolute atomic E-state index is 2.28. The number of fused-ring (bicyclic) bond motifs is 8. The molecular formula is C20H12S. The quantitative estimate of drug-likeness (QED) is 0.290. The van der Waals surface area contributed by atoms with Gasteiger partial charge < -0.3 is 0 Å². The molecule has 1 heterocycles. The second kappa shape index (κ2) is 4.06. The normalized spacial score (nSPS) is 11.8. The molecule has 0 bridgehead atoms. The summed E-state index contributed by atoms with van der Waals surface area (Å²) in [6.45, 7) is 0. The van der Waals surface area contributed by atoms with E-state index in [1.54, 1.807) is 0 Å². The zero-order valence-corrected chi connectivity index (χ0v) is 12.2. The molecule has 0 fully saturated rings. The predicted octanol–water partition coefficient (Wildman–Crippen LogP) is 6.36. The van der Waals surface area contributed by atoms with Gasteiger partial charge >= 0.3 is 0 Å². The Balaban J connectivity index is 2.25. The Morgan fingerprint density at radius 3 is 2.10 bits per heavy atom. The molecule has 0 nitrogen and oxygen atoms in total. The van der Waals surface area contributed by atoms with Crippen molar-refractivity contribution in [1.29, 1.82) is 0 Å². The Morgan fingerprint density at radius 1 is 0.524 bits per heavy atom. The molecule has 21 heavy (non-hydrogen) atoms. The summed E-state index contributed by atoms with van der Waals surface area (Å²) in [6.07, 6.45) is 0. The van der Waals surface area contributed by atoms with Crippen LogP contribution in [0.5, 0.6) is 0 Å². The van der Waals surface area contributed by atoms with E-state index in [9.17, 15) is 0 Å². The van der Waals surface area contributed by atoms with Gasteiger partial charge in [0.1, 0.15) is 0 Å². The zero-order valence-electron chi connectivity index (χ0n) is 11.3. The maximum atomic E-state index is 2.28. The fourth-order valence-corrected chi connectivity index (χ4v) is 4.37. The van der Waals surface area contributed by atoms with Gasteiger partial charge in [0.15, 0.2) is 0 Å². The first-order valence-electron chi connectivity index (χ1n) is 7.13. The first-order chi connectivity index (χ1) is 10.4. The second-order valence-corrected chi connectivity index (χ2v) is 6.33. The highest BCUT2D eigenvalue weighted by atomic mass is 32.1. The maximum Gasteiger partial charge on any atom is 0.0427 e. The third kappa shape index (κ3) is 1.44. The van der Waals surface area contributed by atoms with Crippen molar-refractivity contribution >= 4 is 53.7 Å². The van der Waals surface area contributed by atoms with Crippen molar-refractivity contribution < 1.29 is 0 Å². The van der Waals surface area contributed by atoms with Crippen LogP contribution >= 0.6 is 11.3 Å². The number of rotatable bonds is 0.